The fraction of sp³-hybridized carbons (Fsp3) is 0.0833. The Hall–Kier alpha value is -4.01. The van der Waals surface area contributed by atoms with Gasteiger partial charge >= 0.3 is 11.6 Å². The van der Waals surface area contributed by atoms with E-state index in [9.17, 15) is 25.0 Å². The molecule has 12 heteroatoms. The molecule has 1 amide bonds. The molecule has 122 valence electrons. The van der Waals surface area contributed by atoms with Gasteiger partial charge in [0.2, 0.25) is 5.69 Å². The molecule has 2 rings (SSSR count). The van der Waals surface area contributed by atoms with Crippen molar-refractivity contribution < 1.29 is 19.4 Å². The molecule has 0 fully saturated rings. The Balaban J connectivity index is 2.38. The first-order valence-corrected chi connectivity index (χ1v) is 6.15. The maximum Gasteiger partial charge on any atom is 0.362 e. The topological polar surface area (TPSA) is 177 Å². The van der Waals surface area contributed by atoms with Crippen molar-refractivity contribution in [1.29, 1.82) is 5.26 Å². The van der Waals surface area contributed by atoms with Crippen LogP contribution in [0.3, 0.4) is 0 Å². The van der Waals surface area contributed by atoms with Gasteiger partial charge in [-0.15, -0.1) is 5.10 Å². The molecule has 1 aromatic heterocycles. The number of methoxy groups -OCH3 is 1. The summed E-state index contributed by atoms with van der Waals surface area (Å²) in [6.07, 6.45) is 0. The van der Waals surface area contributed by atoms with E-state index in [0.29, 0.717) is 0 Å². The minimum absolute atomic E-state index is 0.0454. The lowest BCUT2D eigenvalue weighted by molar-refractivity contribution is -0.386. The minimum Gasteiger partial charge on any atom is -0.475 e. The zero-order chi connectivity index (χ0) is 17.9. The van der Waals surface area contributed by atoms with Gasteiger partial charge in [0, 0.05) is 12.1 Å². The van der Waals surface area contributed by atoms with Crippen molar-refractivity contribution >= 4 is 23.0 Å². The maximum absolute atomic E-state index is 12.2. The smallest absolute Gasteiger partial charge is 0.362 e. The van der Waals surface area contributed by atoms with E-state index in [0.717, 1.165) is 25.3 Å². The number of amides is 1. The van der Waals surface area contributed by atoms with Crippen molar-refractivity contribution in [2.45, 2.75) is 0 Å². The molecule has 24 heavy (non-hydrogen) atoms. The zero-order valence-corrected chi connectivity index (χ0v) is 12.0. The Labute approximate surface area is 133 Å². The van der Waals surface area contributed by atoms with E-state index >= 15 is 0 Å². The van der Waals surface area contributed by atoms with E-state index in [1.807, 2.05) is 0 Å². The number of carbonyl (C=O) groups is 1. The molecule has 0 aliphatic carbocycles. The number of non-ortho nitro benzene ring substituents is 1. The van der Waals surface area contributed by atoms with E-state index < -0.39 is 27.1 Å². The van der Waals surface area contributed by atoms with Crippen LogP contribution in [0.5, 0.6) is 5.88 Å². The first-order valence-electron chi connectivity index (χ1n) is 6.15. The summed E-state index contributed by atoms with van der Waals surface area (Å²) in [6.45, 7) is 0. The molecular formula is C12H8N6O6. The first-order chi connectivity index (χ1) is 11.4. The number of nitro groups is 2. The molecule has 2 aromatic rings. The summed E-state index contributed by atoms with van der Waals surface area (Å²) in [7, 11) is 1.15. The molecule has 0 spiro atoms. The van der Waals surface area contributed by atoms with Gasteiger partial charge in [-0.25, -0.2) is 0 Å². The standard InChI is InChI=1S/C12H8N6O6/c1-24-12-10(18(22)23)9(15-16-12)11(19)14-8-3-2-7(17(20)21)4-6(8)5-13/h2-4H,1H3,(H,14,19)(H,15,16). The molecule has 1 heterocycles. The number of nitriles is 1. The fourth-order valence-corrected chi connectivity index (χ4v) is 1.82. The van der Waals surface area contributed by atoms with Crippen LogP contribution in [0, 0.1) is 31.6 Å². The zero-order valence-electron chi connectivity index (χ0n) is 12.0. The van der Waals surface area contributed by atoms with Gasteiger partial charge in [0.15, 0.2) is 0 Å². The average Bonchev–Trinajstić information content (AvgIpc) is 2.99. The lowest BCUT2D eigenvalue weighted by Crippen LogP contribution is -2.15. The Morgan fingerprint density at radius 3 is 2.62 bits per heavy atom. The third-order valence-electron chi connectivity index (χ3n) is 2.89. The quantitative estimate of drug-likeness (QED) is 0.608. The molecule has 0 saturated heterocycles. The molecule has 0 radical (unpaired) electrons. The Kier molecular flexibility index (Phi) is 4.36. The second kappa shape index (κ2) is 6.40. The van der Waals surface area contributed by atoms with Crippen molar-refractivity contribution in [2.75, 3.05) is 12.4 Å². The molecule has 0 aliphatic rings. The van der Waals surface area contributed by atoms with Crippen molar-refractivity contribution in [1.82, 2.24) is 10.2 Å². The molecule has 2 N–H and O–H groups in total. The lowest BCUT2D eigenvalue weighted by atomic mass is 10.1. The van der Waals surface area contributed by atoms with Crippen molar-refractivity contribution in [3.8, 4) is 11.9 Å². The number of nitro benzene ring substituents is 1. The van der Waals surface area contributed by atoms with Gasteiger partial charge in [0.1, 0.15) is 6.07 Å². The second-order valence-electron chi connectivity index (χ2n) is 4.27. The number of aromatic amines is 1. The number of nitrogens with one attached hydrogen (secondary N) is 2. The van der Waals surface area contributed by atoms with Gasteiger partial charge in [-0.2, -0.15) is 5.26 Å². The minimum atomic E-state index is -0.956. The number of ether oxygens (including phenoxy) is 1. The highest BCUT2D eigenvalue weighted by Gasteiger charge is 2.30. The summed E-state index contributed by atoms with van der Waals surface area (Å²) in [5.41, 5.74) is -1.71. The maximum atomic E-state index is 12.2. The first kappa shape index (κ1) is 16.4. The third-order valence-corrected chi connectivity index (χ3v) is 2.89. The van der Waals surface area contributed by atoms with E-state index in [1.165, 1.54) is 0 Å². The van der Waals surface area contributed by atoms with Gasteiger partial charge < -0.3 is 10.1 Å². The van der Waals surface area contributed by atoms with Crippen LogP contribution in [-0.2, 0) is 0 Å². The number of hydrogen-bond donors (Lipinski definition) is 2. The number of benzene rings is 1. The van der Waals surface area contributed by atoms with Crippen LogP contribution in [0.15, 0.2) is 18.2 Å². The van der Waals surface area contributed by atoms with Crippen LogP contribution in [0.4, 0.5) is 17.1 Å². The van der Waals surface area contributed by atoms with Crippen molar-refractivity contribution in [3.63, 3.8) is 0 Å². The number of rotatable bonds is 5. The summed E-state index contributed by atoms with van der Waals surface area (Å²) in [4.78, 5) is 32.3. The molecule has 1 aromatic carbocycles. The molecule has 0 unspecified atom stereocenters. The van der Waals surface area contributed by atoms with E-state index in [4.69, 9.17) is 5.26 Å². The summed E-state index contributed by atoms with van der Waals surface area (Å²) < 4.78 is 4.68. The number of aromatic nitrogens is 2. The molecule has 0 atom stereocenters. The summed E-state index contributed by atoms with van der Waals surface area (Å²) in [5, 5.41) is 38.7. The normalized spacial score (nSPS) is 9.83. The Morgan fingerprint density at radius 1 is 1.38 bits per heavy atom. The second-order valence-corrected chi connectivity index (χ2v) is 4.27. The third kappa shape index (κ3) is 2.95. The van der Waals surface area contributed by atoms with E-state index in [2.05, 4.69) is 20.3 Å². The van der Waals surface area contributed by atoms with Crippen LogP contribution in [-0.4, -0.2) is 33.1 Å². The molecular weight excluding hydrogens is 324 g/mol. The van der Waals surface area contributed by atoms with Gasteiger partial charge in [-0.3, -0.25) is 30.1 Å². The number of carbonyl (C=O) groups excluding carboxylic acids is 1. The van der Waals surface area contributed by atoms with Gasteiger partial charge in [-0.1, -0.05) is 0 Å². The molecule has 0 saturated carbocycles. The fourth-order valence-electron chi connectivity index (χ4n) is 1.82. The largest absolute Gasteiger partial charge is 0.475 e. The van der Waals surface area contributed by atoms with Gasteiger partial charge in [-0.05, 0) is 6.07 Å². The van der Waals surface area contributed by atoms with Crippen molar-refractivity contribution in [2.24, 2.45) is 0 Å². The van der Waals surface area contributed by atoms with Crippen LogP contribution < -0.4 is 10.1 Å². The van der Waals surface area contributed by atoms with Crippen LogP contribution in [0.2, 0.25) is 0 Å². The van der Waals surface area contributed by atoms with E-state index in [-0.39, 0.29) is 22.8 Å². The van der Waals surface area contributed by atoms with Crippen molar-refractivity contribution in [3.05, 3.63) is 49.7 Å². The van der Waals surface area contributed by atoms with Crippen LogP contribution >= 0.6 is 0 Å². The Morgan fingerprint density at radius 2 is 2.08 bits per heavy atom. The summed E-state index contributed by atoms with van der Waals surface area (Å²) >= 11 is 0. The highest BCUT2D eigenvalue weighted by atomic mass is 16.6. The highest BCUT2D eigenvalue weighted by Crippen LogP contribution is 2.29. The van der Waals surface area contributed by atoms with Crippen LogP contribution in [0.25, 0.3) is 0 Å². The Bertz CT molecular complexity index is 883. The van der Waals surface area contributed by atoms with Gasteiger partial charge in [0.05, 0.1) is 28.2 Å². The van der Waals surface area contributed by atoms with E-state index in [1.54, 1.807) is 6.07 Å². The molecule has 0 bridgehead atoms. The summed E-state index contributed by atoms with van der Waals surface area (Å²) in [6, 6.07) is 4.90. The lowest BCUT2D eigenvalue weighted by Gasteiger charge is -2.05. The average molecular weight is 332 g/mol. The highest BCUT2D eigenvalue weighted by molar-refractivity contribution is 6.06. The number of hydrogen-bond acceptors (Lipinski definition) is 8. The molecule has 0 aliphatic heterocycles. The summed E-state index contributed by atoms with van der Waals surface area (Å²) in [5.74, 6) is -1.34. The SMILES string of the molecule is COc1n[nH]c(C(=O)Nc2ccc([N+](=O)[O-])cc2C#N)c1[N+](=O)[O-]. The predicted molar refractivity (Wildman–Crippen MR) is 77.6 cm³/mol. The monoisotopic (exact) mass is 332 g/mol. The number of H-pyrrole nitrogens is 1. The van der Waals surface area contributed by atoms with Crippen LogP contribution in [0.1, 0.15) is 16.1 Å². The number of anilines is 1. The molecule has 12 nitrogen and oxygen atoms in total. The number of nitrogens with zero attached hydrogens (tertiary/aromatic N) is 4. The van der Waals surface area contributed by atoms with Gasteiger partial charge in [0.25, 0.3) is 11.6 Å². The predicted octanol–water partition coefficient (Wildman–Crippen LogP) is 1.36.